The number of nitrogens with zero attached hydrogens (tertiary/aromatic N) is 2. The van der Waals surface area contributed by atoms with Gasteiger partial charge in [-0.05, 0) is 167 Å². The van der Waals surface area contributed by atoms with E-state index in [1.165, 1.54) is 161 Å². The van der Waals surface area contributed by atoms with Crippen LogP contribution in [0.3, 0.4) is 0 Å². The number of rotatable bonds is 6. The van der Waals surface area contributed by atoms with Crippen LogP contribution in [-0.2, 0) is 0 Å². The summed E-state index contributed by atoms with van der Waals surface area (Å²) in [5.41, 5.74) is 0.669. The maximum atomic E-state index is 4.36. The average Bonchev–Trinajstić information content (AvgIpc) is 3.97. The number of likely N-dealkylation sites (tertiary alicyclic amines) is 2. The topological polar surface area (TPSA) is 42.6 Å². The van der Waals surface area contributed by atoms with Crippen molar-refractivity contribution < 1.29 is 0 Å². The van der Waals surface area contributed by atoms with E-state index in [2.05, 4.69) is 32.7 Å². The van der Waals surface area contributed by atoms with Crippen molar-refractivity contribution in [1.29, 1.82) is 0 Å². The Labute approximate surface area is 343 Å². The standard InChI is InChI=1S/C51H85N5/c1-51(28-13-4-14-29-51)39-31-38-43(39)46-45-42(56(47(38)46)35-21-7-3-8-22-35)27-26-41-44(45)37-24-11-12-25-40(37)55(41)36-23-15-20-34(30-36)50-53-48(32-16-5-2-6-17-32)52-49(54-50)33-18-9-10-19-33/h32-50,52-54H,2-31H2,1H3. The Hall–Kier alpha value is -0.200. The molecule has 9 saturated carbocycles. The molecule has 3 saturated heterocycles. The van der Waals surface area contributed by atoms with E-state index >= 15 is 0 Å². The lowest BCUT2D eigenvalue weighted by Crippen LogP contribution is -2.72. The second-order valence-corrected chi connectivity index (χ2v) is 23.9. The summed E-state index contributed by atoms with van der Waals surface area (Å²) in [6.45, 7) is 2.79. The molecule has 5 heteroatoms. The molecule has 56 heavy (non-hydrogen) atoms. The first kappa shape index (κ1) is 37.6. The molecule has 314 valence electrons. The highest BCUT2D eigenvalue weighted by atomic mass is 15.4. The van der Waals surface area contributed by atoms with Gasteiger partial charge in [-0.1, -0.05) is 96.8 Å². The number of hydrogen-bond acceptors (Lipinski definition) is 5. The van der Waals surface area contributed by atoms with E-state index in [0.717, 1.165) is 95.4 Å². The second kappa shape index (κ2) is 15.3. The molecule has 3 heterocycles. The Kier molecular flexibility index (Phi) is 10.3. The van der Waals surface area contributed by atoms with E-state index in [1.54, 1.807) is 32.1 Å². The molecule has 0 bridgehead atoms. The van der Waals surface area contributed by atoms with Gasteiger partial charge in [0.05, 0.1) is 18.5 Å². The van der Waals surface area contributed by atoms with Crippen LogP contribution in [0.5, 0.6) is 0 Å². The fourth-order valence-corrected chi connectivity index (χ4v) is 19.3. The first-order valence-corrected chi connectivity index (χ1v) is 26.5. The second-order valence-electron chi connectivity index (χ2n) is 23.9. The van der Waals surface area contributed by atoms with Crippen LogP contribution in [0.1, 0.15) is 200 Å². The third kappa shape index (κ3) is 6.10. The lowest BCUT2D eigenvalue weighted by molar-refractivity contribution is -0.199. The van der Waals surface area contributed by atoms with Crippen molar-refractivity contribution in [2.24, 2.45) is 64.6 Å². The van der Waals surface area contributed by atoms with Gasteiger partial charge in [-0.15, -0.1) is 0 Å². The number of nitrogens with one attached hydrogen (secondary N) is 3. The van der Waals surface area contributed by atoms with E-state index < -0.39 is 0 Å². The van der Waals surface area contributed by atoms with Crippen LogP contribution in [0.2, 0.25) is 0 Å². The first-order chi connectivity index (χ1) is 27.6. The highest BCUT2D eigenvalue weighted by Gasteiger charge is 2.75. The Morgan fingerprint density at radius 1 is 0.393 bits per heavy atom. The van der Waals surface area contributed by atoms with Crippen molar-refractivity contribution >= 4 is 0 Å². The smallest absolute Gasteiger partial charge is 0.0625 e. The zero-order valence-corrected chi connectivity index (χ0v) is 36.1. The van der Waals surface area contributed by atoms with Crippen molar-refractivity contribution in [2.45, 2.75) is 254 Å². The Bertz CT molecular complexity index is 1360. The fraction of sp³-hybridized carbons (Fsp3) is 1.00. The van der Waals surface area contributed by atoms with Gasteiger partial charge < -0.3 is 0 Å². The monoisotopic (exact) mass is 768 g/mol. The lowest BCUT2D eigenvalue weighted by Gasteiger charge is -2.69. The largest absolute Gasteiger partial charge is 0.294 e. The molecule has 12 aliphatic rings. The van der Waals surface area contributed by atoms with E-state index in [1.807, 2.05) is 0 Å². The molecule has 9 aliphatic carbocycles. The molecule has 0 spiro atoms. The third-order valence-electron chi connectivity index (χ3n) is 21.6. The molecule has 5 nitrogen and oxygen atoms in total. The van der Waals surface area contributed by atoms with Gasteiger partial charge in [0.1, 0.15) is 0 Å². The van der Waals surface area contributed by atoms with Gasteiger partial charge in [-0.2, -0.15) is 0 Å². The zero-order chi connectivity index (χ0) is 37.0. The van der Waals surface area contributed by atoms with E-state index in [0.29, 0.717) is 23.9 Å². The van der Waals surface area contributed by atoms with Crippen molar-refractivity contribution in [1.82, 2.24) is 25.8 Å². The van der Waals surface area contributed by atoms with Gasteiger partial charge in [-0.25, -0.2) is 0 Å². The molecule has 0 aromatic carbocycles. The summed E-state index contributed by atoms with van der Waals surface area (Å²) in [7, 11) is 0. The van der Waals surface area contributed by atoms with Crippen LogP contribution in [0.4, 0.5) is 0 Å². The molecule has 3 N–H and O–H groups in total. The molecule has 12 fully saturated rings. The van der Waals surface area contributed by atoms with Crippen molar-refractivity contribution in [2.75, 3.05) is 0 Å². The molecule has 16 atom stereocenters. The Morgan fingerprint density at radius 3 is 1.66 bits per heavy atom. The highest BCUT2D eigenvalue weighted by Crippen LogP contribution is 2.74. The maximum absolute atomic E-state index is 4.36. The van der Waals surface area contributed by atoms with Gasteiger partial charge >= 0.3 is 0 Å². The quantitative estimate of drug-likeness (QED) is 0.251. The normalized spacial score (nSPS) is 51.6. The molecule has 0 radical (unpaired) electrons. The average molecular weight is 768 g/mol. The van der Waals surface area contributed by atoms with Gasteiger partial charge in [0.15, 0.2) is 0 Å². The van der Waals surface area contributed by atoms with E-state index in [4.69, 9.17) is 0 Å². The van der Waals surface area contributed by atoms with Crippen LogP contribution >= 0.6 is 0 Å². The van der Waals surface area contributed by atoms with Crippen LogP contribution in [0.25, 0.3) is 0 Å². The highest BCUT2D eigenvalue weighted by molar-refractivity contribution is 5.26. The molecule has 12 rings (SSSR count). The first-order valence-electron chi connectivity index (χ1n) is 26.5. The van der Waals surface area contributed by atoms with E-state index in [-0.39, 0.29) is 0 Å². The number of fused-ring (bicyclic) bond motifs is 10. The summed E-state index contributed by atoms with van der Waals surface area (Å²) in [5, 5.41) is 12.9. The molecular weight excluding hydrogens is 683 g/mol. The SMILES string of the molecule is CC1(C2CC3C2C2C4C5C6CCCCC6N(C6CCCC(C7NC(C8CCCCC8)NC(C8CCCC8)N7)C6)C5CCC4N(C4CCCCC4)C32)CCCCC1. The van der Waals surface area contributed by atoms with Gasteiger partial charge in [0.2, 0.25) is 0 Å². The molecule has 3 aliphatic heterocycles. The summed E-state index contributed by atoms with van der Waals surface area (Å²) in [6.07, 6.45) is 46.5. The Balaban J connectivity index is 0.824. The van der Waals surface area contributed by atoms with Crippen molar-refractivity contribution in [3.05, 3.63) is 0 Å². The molecule has 0 aromatic rings. The fourth-order valence-electron chi connectivity index (χ4n) is 19.3. The summed E-state index contributed by atoms with van der Waals surface area (Å²) in [6, 6.07) is 5.50. The minimum Gasteiger partial charge on any atom is -0.294 e. The van der Waals surface area contributed by atoms with Crippen LogP contribution in [0, 0.1) is 64.6 Å². The summed E-state index contributed by atoms with van der Waals surface area (Å²) in [5.74, 6) is 9.82. The van der Waals surface area contributed by atoms with Gasteiger partial charge in [0.25, 0.3) is 0 Å². The number of hydrogen-bond donors (Lipinski definition) is 3. The van der Waals surface area contributed by atoms with Crippen LogP contribution < -0.4 is 16.0 Å². The van der Waals surface area contributed by atoms with Crippen LogP contribution in [0.15, 0.2) is 0 Å². The summed E-state index contributed by atoms with van der Waals surface area (Å²) >= 11 is 0. The Morgan fingerprint density at radius 2 is 0.946 bits per heavy atom. The molecule has 0 amide bonds. The zero-order valence-electron chi connectivity index (χ0n) is 36.1. The third-order valence-corrected chi connectivity index (χ3v) is 21.6. The van der Waals surface area contributed by atoms with Gasteiger partial charge in [0, 0.05) is 36.3 Å². The minimum atomic E-state index is 0.510. The molecule has 0 aromatic heterocycles. The summed E-state index contributed by atoms with van der Waals surface area (Å²) in [4.78, 5) is 6.82. The lowest BCUT2D eigenvalue weighted by atomic mass is 9.37. The molecule has 16 unspecified atom stereocenters. The predicted molar refractivity (Wildman–Crippen MR) is 229 cm³/mol. The van der Waals surface area contributed by atoms with Crippen molar-refractivity contribution in [3.8, 4) is 0 Å². The van der Waals surface area contributed by atoms with E-state index in [9.17, 15) is 0 Å². The molecular formula is C51H85N5. The van der Waals surface area contributed by atoms with Gasteiger partial charge in [-0.3, -0.25) is 25.8 Å². The minimum absolute atomic E-state index is 0.510. The van der Waals surface area contributed by atoms with Crippen LogP contribution in [-0.4, -0.2) is 64.5 Å². The summed E-state index contributed by atoms with van der Waals surface area (Å²) < 4.78 is 0. The van der Waals surface area contributed by atoms with Crippen molar-refractivity contribution in [3.63, 3.8) is 0 Å². The predicted octanol–water partition coefficient (Wildman–Crippen LogP) is 10.6. The maximum Gasteiger partial charge on any atom is 0.0625 e.